The van der Waals surface area contributed by atoms with E-state index in [1.807, 2.05) is 18.2 Å². The van der Waals surface area contributed by atoms with E-state index in [-0.39, 0.29) is 11.6 Å². The minimum Gasteiger partial charge on any atom is -0.465 e. The maximum absolute atomic E-state index is 12.0. The zero-order valence-electron chi connectivity index (χ0n) is 13.7. The fourth-order valence-corrected chi connectivity index (χ4v) is 3.33. The number of hydrogen-bond donors (Lipinski definition) is 1. The number of fused-ring (bicyclic) bond motifs is 1. The molecule has 2 aromatic heterocycles. The number of ether oxygens (including phenoxy) is 1. The number of aryl methyl sites for hydroxylation is 1. The molecule has 1 N–H and O–H groups in total. The number of hydrogen-bond acceptors (Lipinski definition) is 6. The van der Waals surface area contributed by atoms with Gasteiger partial charge in [0.25, 0.3) is 5.91 Å². The van der Waals surface area contributed by atoms with E-state index in [1.54, 1.807) is 11.3 Å². The SMILES string of the molecule is COC(=O)c1ccc(C(=O)NCCCc2nc3ccccc3s2)nc1. The summed E-state index contributed by atoms with van der Waals surface area (Å²) in [5, 5.41) is 3.89. The van der Waals surface area contributed by atoms with Gasteiger partial charge in [0.15, 0.2) is 0 Å². The Balaban J connectivity index is 1.48. The smallest absolute Gasteiger partial charge is 0.339 e. The van der Waals surface area contributed by atoms with Crippen molar-refractivity contribution in [3.8, 4) is 0 Å². The Bertz CT molecular complexity index is 857. The van der Waals surface area contributed by atoms with Crippen LogP contribution in [0.2, 0.25) is 0 Å². The first-order valence-electron chi connectivity index (χ1n) is 7.84. The summed E-state index contributed by atoms with van der Waals surface area (Å²) in [7, 11) is 1.30. The minimum atomic E-state index is -0.477. The van der Waals surface area contributed by atoms with Crippen molar-refractivity contribution < 1.29 is 14.3 Å². The van der Waals surface area contributed by atoms with Gasteiger partial charge in [0.1, 0.15) is 5.69 Å². The highest BCUT2D eigenvalue weighted by Crippen LogP contribution is 2.22. The van der Waals surface area contributed by atoms with Gasteiger partial charge in [-0.25, -0.2) is 9.78 Å². The summed E-state index contributed by atoms with van der Waals surface area (Å²) in [5.41, 5.74) is 1.60. The highest BCUT2D eigenvalue weighted by Gasteiger charge is 2.10. The predicted molar refractivity (Wildman–Crippen MR) is 95.9 cm³/mol. The Morgan fingerprint density at radius 3 is 2.76 bits per heavy atom. The van der Waals surface area contributed by atoms with E-state index in [9.17, 15) is 9.59 Å². The van der Waals surface area contributed by atoms with E-state index in [4.69, 9.17) is 0 Å². The molecule has 3 rings (SSSR count). The lowest BCUT2D eigenvalue weighted by Crippen LogP contribution is -2.25. The number of benzene rings is 1. The fraction of sp³-hybridized carbons (Fsp3) is 0.222. The van der Waals surface area contributed by atoms with Gasteiger partial charge in [-0.05, 0) is 30.7 Å². The van der Waals surface area contributed by atoms with Crippen molar-refractivity contribution in [2.24, 2.45) is 0 Å². The van der Waals surface area contributed by atoms with Gasteiger partial charge in [-0.2, -0.15) is 0 Å². The van der Waals surface area contributed by atoms with Crippen LogP contribution >= 0.6 is 11.3 Å². The molecule has 7 heteroatoms. The molecule has 0 bridgehead atoms. The van der Waals surface area contributed by atoms with Crippen LogP contribution in [0.1, 0.15) is 32.3 Å². The van der Waals surface area contributed by atoms with Crippen LogP contribution in [-0.4, -0.2) is 35.5 Å². The maximum atomic E-state index is 12.0. The van der Waals surface area contributed by atoms with E-state index in [1.165, 1.54) is 30.1 Å². The zero-order valence-corrected chi connectivity index (χ0v) is 14.5. The lowest BCUT2D eigenvalue weighted by atomic mass is 10.2. The van der Waals surface area contributed by atoms with E-state index in [0.717, 1.165) is 23.4 Å². The molecule has 1 amide bonds. The molecule has 0 fully saturated rings. The van der Waals surface area contributed by atoms with Crippen LogP contribution in [0.15, 0.2) is 42.6 Å². The van der Waals surface area contributed by atoms with Crippen LogP contribution in [0.3, 0.4) is 0 Å². The number of amides is 1. The summed E-state index contributed by atoms with van der Waals surface area (Å²) in [6, 6.07) is 11.1. The summed E-state index contributed by atoms with van der Waals surface area (Å²) in [4.78, 5) is 31.9. The predicted octanol–water partition coefficient (Wildman–Crippen LogP) is 2.84. The number of carbonyl (C=O) groups is 2. The molecule has 0 spiro atoms. The number of aromatic nitrogens is 2. The first-order chi connectivity index (χ1) is 12.2. The van der Waals surface area contributed by atoms with Crippen LogP contribution in [-0.2, 0) is 11.2 Å². The molecule has 1 aromatic carbocycles. The van der Waals surface area contributed by atoms with E-state index < -0.39 is 5.97 Å². The number of thiazole rings is 1. The second-order valence-corrected chi connectivity index (χ2v) is 6.47. The van der Waals surface area contributed by atoms with Crippen molar-refractivity contribution in [2.75, 3.05) is 13.7 Å². The molecule has 0 atom stereocenters. The molecule has 3 aromatic rings. The van der Waals surface area contributed by atoms with Crippen LogP contribution < -0.4 is 5.32 Å². The number of pyridine rings is 1. The fourth-order valence-electron chi connectivity index (χ4n) is 2.33. The Morgan fingerprint density at radius 1 is 1.20 bits per heavy atom. The standard InChI is InChI=1S/C18H17N3O3S/c1-24-18(23)12-8-9-14(20-11-12)17(22)19-10-4-7-16-21-13-5-2-3-6-15(13)25-16/h2-3,5-6,8-9,11H,4,7,10H2,1H3,(H,19,22). The van der Waals surface area contributed by atoms with Gasteiger partial charge in [0.05, 0.1) is 27.9 Å². The number of para-hydroxylation sites is 1. The molecule has 0 saturated carbocycles. The number of esters is 1. The first kappa shape index (κ1) is 17.0. The molecule has 128 valence electrons. The van der Waals surface area contributed by atoms with Crippen molar-refractivity contribution in [3.05, 3.63) is 58.9 Å². The highest BCUT2D eigenvalue weighted by molar-refractivity contribution is 7.18. The minimum absolute atomic E-state index is 0.263. The largest absolute Gasteiger partial charge is 0.465 e. The number of carbonyl (C=O) groups excluding carboxylic acids is 2. The molecule has 0 radical (unpaired) electrons. The van der Waals surface area contributed by atoms with Gasteiger partial charge in [-0.3, -0.25) is 9.78 Å². The molecule has 25 heavy (non-hydrogen) atoms. The molecule has 0 aliphatic carbocycles. The highest BCUT2D eigenvalue weighted by atomic mass is 32.1. The van der Waals surface area contributed by atoms with Crippen LogP contribution in [0.4, 0.5) is 0 Å². The lowest BCUT2D eigenvalue weighted by Gasteiger charge is -2.04. The average molecular weight is 355 g/mol. The number of nitrogens with one attached hydrogen (secondary N) is 1. The third kappa shape index (κ3) is 4.19. The third-order valence-corrected chi connectivity index (χ3v) is 4.70. The molecule has 0 aliphatic rings. The van der Waals surface area contributed by atoms with Gasteiger partial charge in [-0.15, -0.1) is 11.3 Å². The van der Waals surface area contributed by atoms with Crippen molar-refractivity contribution >= 4 is 33.4 Å². The van der Waals surface area contributed by atoms with E-state index in [2.05, 4.69) is 26.1 Å². The molecule has 6 nitrogen and oxygen atoms in total. The molecular weight excluding hydrogens is 338 g/mol. The zero-order chi connectivity index (χ0) is 17.6. The van der Waals surface area contributed by atoms with Crippen LogP contribution in [0.25, 0.3) is 10.2 Å². The summed E-state index contributed by atoms with van der Waals surface area (Å²) in [6.45, 7) is 0.537. The molecular formula is C18H17N3O3S. The number of rotatable bonds is 6. The van der Waals surface area contributed by atoms with Gasteiger partial charge in [-0.1, -0.05) is 12.1 Å². The van der Waals surface area contributed by atoms with Crippen LogP contribution in [0.5, 0.6) is 0 Å². The van der Waals surface area contributed by atoms with Crippen molar-refractivity contribution in [1.82, 2.24) is 15.3 Å². The van der Waals surface area contributed by atoms with Crippen molar-refractivity contribution in [2.45, 2.75) is 12.8 Å². The Labute approximate surface area is 148 Å². The first-order valence-corrected chi connectivity index (χ1v) is 8.66. The lowest BCUT2D eigenvalue weighted by molar-refractivity contribution is 0.0599. The van der Waals surface area contributed by atoms with Gasteiger partial charge in [0, 0.05) is 19.2 Å². The molecule has 0 saturated heterocycles. The normalized spacial score (nSPS) is 10.6. The van der Waals surface area contributed by atoms with Crippen LogP contribution in [0, 0.1) is 0 Å². The molecule has 0 unspecified atom stereocenters. The number of methoxy groups -OCH3 is 1. The Hall–Kier alpha value is -2.80. The van der Waals surface area contributed by atoms with Gasteiger partial charge in [0.2, 0.25) is 0 Å². The maximum Gasteiger partial charge on any atom is 0.339 e. The summed E-state index contributed by atoms with van der Waals surface area (Å²) in [5.74, 6) is -0.740. The summed E-state index contributed by atoms with van der Waals surface area (Å²) >= 11 is 1.68. The van der Waals surface area contributed by atoms with E-state index in [0.29, 0.717) is 12.1 Å². The van der Waals surface area contributed by atoms with Gasteiger partial charge < -0.3 is 10.1 Å². The Morgan fingerprint density at radius 2 is 2.04 bits per heavy atom. The quantitative estimate of drug-likeness (QED) is 0.543. The second-order valence-electron chi connectivity index (χ2n) is 5.36. The topological polar surface area (TPSA) is 81.2 Å². The van der Waals surface area contributed by atoms with Crippen molar-refractivity contribution in [3.63, 3.8) is 0 Å². The molecule has 2 heterocycles. The monoisotopic (exact) mass is 355 g/mol. The van der Waals surface area contributed by atoms with Crippen molar-refractivity contribution in [1.29, 1.82) is 0 Å². The Kier molecular flexibility index (Phi) is 5.35. The van der Waals surface area contributed by atoms with E-state index >= 15 is 0 Å². The molecule has 0 aliphatic heterocycles. The summed E-state index contributed by atoms with van der Waals surface area (Å²) in [6.07, 6.45) is 2.95. The third-order valence-electron chi connectivity index (χ3n) is 3.61. The van der Waals surface area contributed by atoms with Gasteiger partial charge >= 0.3 is 5.97 Å². The second kappa shape index (κ2) is 7.85. The summed E-state index contributed by atoms with van der Waals surface area (Å²) < 4.78 is 5.77. The number of nitrogens with zero attached hydrogens (tertiary/aromatic N) is 2. The average Bonchev–Trinajstić information content (AvgIpc) is 3.07.